The molecule has 5 heterocycles. The Bertz CT molecular complexity index is 3100. The van der Waals surface area contributed by atoms with Gasteiger partial charge in [0, 0.05) is 65.2 Å². The molecule has 11 aromatic rings. The molecule has 5 aromatic heterocycles. The van der Waals surface area contributed by atoms with E-state index in [1.807, 2.05) is 41.9 Å². The number of hydrogen-bond donors (Lipinski definition) is 0. The second-order valence-corrected chi connectivity index (χ2v) is 13.8. The zero-order chi connectivity index (χ0) is 33.5. The zero-order valence-corrected chi connectivity index (χ0v) is 27.9. The van der Waals surface area contributed by atoms with Crippen LogP contribution < -0.4 is 0 Å². The van der Waals surface area contributed by atoms with Crippen molar-refractivity contribution in [2.24, 2.45) is 0 Å². The van der Waals surface area contributed by atoms with Crippen molar-refractivity contribution < 1.29 is 0 Å². The lowest BCUT2D eigenvalue weighted by atomic mass is 10.1. The Balaban J connectivity index is 1.25. The number of thiophene rings is 1. The molecule has 238 valence electrons. The summed E-state index contributed by atoms with van der Waals surface area (Å²) in [6, 6.07) is 50.8. The van der Waals surface area contributed by atoms with Gasteiger partial charge in [0.1, 0.15) is 0 Å². The van der Waals surface area contributed by atoms with Gasteiger partial charge in [-0.3, -0.25) is 9.55 Å². The van der Waals surface area contributed by atoms with Crippen LogP contribution in [0, 0.1) is 0 Å². The van der Waals surface area contributed by atoms with Gasteiger partial charge < -0.3 is 4.57 Å². The molecule has 0 aliphatic heterocycles. The summed E-state index contributed by atoms with van der Waals surface area (Å²) >= 11 is 1.83. The maximum Gasteiger partial charge on any atom is 0.238 e. The number of rotatable bonds is 4. The molecular weight excluding hydrogens is 645 g/mol. The number of nitrogens with zero attached hydrogens (tertiary/aromatic N) is 6. The number of para-hydroxylation sites is 3. The lowest BCUT2D eigenvalue weighted by molar-refractivity contribution is 0.952. The molecule has 6 nitrogen and oxygen atoms in total. The molecule has 11 rings (SSSR count). The second kappa shape index (κ2) is 10.9. The van der Waals surface area contributed by atoms with E-state index in [4.69, 9.17) is 15.0 Å². The summed E-state index contributed by atoms with van der Waals surface area (Å²) in [7, 11) is 0. The molecule has 0 aliphatic rings. The summed E-state index contributed by atoms with van der Waals surface area (Å²) in [5.41, 5.74) is 7.15. The SMILES string of the molecule is c1ccc(-c2nc(-c3ccccc3-n3c4ccncc4c4ccc5sc6ccccc6c5c43)nc(-n3c4ccccc4c4ccccc43)n2)cc1. The minimum atomic E-state index is 0.573. The summed E-state index contributed by atoms with van der Waals surface area (Å²) in [5, 5.41) is 7.07. The summed E-state index contributed by atoms with van der Waals surface area (Å²) < 4.78 is 7.07. The summed E-state index contributed by atoms with van der Waals surface area (Å²) in [5.74, 6) is 1.79. The third-order valence-corrected chi connectivity index (χ3v) is 11.0. The minimum absolute atomic E-state index is 0.573. The Kier molecular flexibility index (Phi) is 6.02. The Labute approximate surface area is 295 Å². The van der Waals surface area contributed by atoms with Crippen molar-refractivity contribution in [3.8, 4) is 34.4 Å². The molecule has 6 aromatic carbocycles. The van der Waals surface area contributed by atoms with Gasteiger partial charge >= 0.3 is 0 Å². The summed E-state index contributed by atoms with van der Waals surface area (Å²) in [4.78, 5) is 20.3. The van der Waals surface area contributed by atoms with Crippen molar-refractivity contribution >= 4 is 75.1 Å². The molecule has 0 aliphatic carbocycles. The predicted molar refractivity (Wildman–Crippen MR) is 210 cm³/mol. The standard InChI is InChI=1S/C44H26N6S/c1-2-12-27(13-3-1)42-46-43(48-44(47-42)50-34-18-8-4-14-28(34)29-15-5-9-19-35(29)50)31-16-6-10-20-36(31)49-37-24-25-45-26-33(37)30-22-23-39-40(41(30)49)32-17-7-11-21-38(32)51-39/h1-26H. The molecule has 0 bridgehead atoms. The van der Waals surface area contributed by atoms with Crippen molar-refractivity contribution in [3.63, 3.8) is 0 Å². The Morgan fingerprint density at radius 3 is 1.94 bits per heavy atom. The monoisotopic (exact) mass is 670 g/mol. The fourth-order valence-electron chi connectivity index (χ4n) is 7.71. The number of fused-ring (bicyclic) bond motifs is 10. The van der Waals surface area contributed by atoms with Gasteiger partial charge in [-0.1, -0.05) is 103 Å². The van der Waals surface area contributed by atoms with Gasteiger partial charge in [-0.15, -0.1) is 11.3 Å². The first-order valence-electron chi connectivity index (χ1n) is 16.9. The first-order valence-corrected chi connectivity index (χ1v) is 17.7. The number of benzene rings is 6. The molecule has 0 spiro atoms. The predicted octanol–water partition coefficient (Wildman–Crippen LogP) is 11.2. The third kappa shape index (κ3) is 4.16. The van der Waals surface area contributed by atoms with Gasteiger partial charge in [-0.2, -0.15) is 9.97 Å². The lowest BCUT2D eigenvalue weighted by Crippen LogP contribution is -2.07. The largest absolute Gasteiger partial charge is 0.308 e. The Morgan fingerprint density at radius 1 is 0.451 bits per heavy atom. The first-order chi connectivity index (χ1) is 25.3. The average Bonchev–Trinajstić information content (AvgIpc) is 3.86. The van der Waals surface area contributed by atoms with Gasteiger partial charge in [0.15, 0.2) is 11.6 Å². The fraction of sp³-hybridized carbons (Fsp3) is 0. The van der Waals surface area contributed by atoms with Crippen LogP contribution in [0.4, 0.5) is 0 Å². The van der Waals surface area contributed by atoms with E-state index >= 15 is 0 Å². The average molecular weight is 671 g/mol. The van der Waals surface area contributed by atoms with Crippen LogP contribution in [0.3, 0.4) is 0 Å². The van der Waals surface area contributed by atoms with E-state index < -0.39 is 0 Å². The molecule has 0 saturated carbocycles. The van der Waals surface area contributed by atoms with Gasteiger partial charge in [-0.05, 0) is 42.5 Å². The quantitative estimate of drug-likeness (QED) is 0.187. The van der Waals surface area contributed by atoms with E-state index in [9.17, 15) is 0 Å². The van der Waals surface area contributed by atoms with Crippen molar-refractivity contribution in [3.05, 3.63) is 158 Å². The highest BCUT2D eigenvalue weighted by atomic mass is 32.1. The van der Waals surface area contributed by atoms with Crippen molar-refractivity contribution in [2.45, 2.75) is 0 Å². The van der Waals surface area contributed by atoms with E-state index in [1.54, 1.807) is 0 Å². The van der Waals surface area contributed by atoms with E-state index in [0.29, 0.717) is 17.6 Å². The van der Waals surface area contributed by atoms with Crippen LogP contribution in [-0.4, -0.2) is 29.1 Å². The summed E-state index contributed by atoms with van der Waals surface area (Å²) in [6.07, 6.45) is 3.86. The van der Waals surface area contributed by atoms with Gasteiger partial charge in [0.2, 0.25) is 5.95 Å². The highest BCUT2D eigenvalue weighted by Crippen LogP contribution is 2.44. The van der Waals surface area contributed by atoms with Crippen molar-refractivity contribution in [2.75, 3.05) is 0 Å². The molecule has 0 unspecified atom stereocenters. The molecular formula is C44H26N6S. The van der Waals surface area contributed by atoms with Crippen molar-refractivity contribution in [1.29, 1.82) is 0 Å². The zero-order valence-electron chi connectivity index (χ0n) is 27.1. The van der Waals surface area contributed by atoms with Gasteiger partial charge in [0.25, 0.3) is 0 Å². The first kappa shape index (κ1) is 28.2. The van der Waals surface area contributed by atoms with Crippen LogP contribution in [0.2, 0.25) is 0 Å². The molecule has 0 amide bonds. The second-order valence-electron chi connectivity index (χ2n) is 12.7. The van der Waals surface area contributed by atoms with Gasteiger partial charge in [-0.25, -0.2) is 4.98 Å². The number of pyridine rings is 1. The molecule has 0 saturated heterocycles. The maximum atomic E-state index is 5.32. The number of hydrogen-bond acceptors (Lipinski definition) is 5. The highest BCUT2D eigenvalue weighted by Gasteiger charge is 2.23. The molecule has 0 N–H and O–H groups in total. The third-order valence-electron chi connectivity index (χ3n) is 9.89. The summed E-state index contributed by atoms with van der Waals surface area (Å²) in [6.45, 7) is 0. The molecule has 51 heavy (non-hydrogen) atoms. The number of aromatic nitrogens is 6. The Hall–Kier alpha value is -6.70. The smallest absolute Gasteiger partial charge is 0.238 e. The maximum absolute atomic E-state index is 5.32. The Morgan fingerprint density at radius 2 is 1.12 bits per heavy atom. The topological polar surface area (TPSA) is 61.4 Å². The van der Waals surface area contributed by atoms with Crippen LogP contribution in [0.1, 0.15) is 0 Å². The molecule has 7 heteroatoms. The molecule has 0 fully saturated rings. The fourth-order valence-corrected chi connectivity index (χ4v) is 8.81. The van der Waals surface area contributed by atoms with Crippen LogP contribution >= 0.6 is 11.3 Å². The van der Waals surface area contributed by atoms with E-state index in [0.717, 1.165) is 60.4 Å². The minimum Gasteiger partial charge on any atom is -0.308 e. The van der Waals surface area contributed by atoms with Crippen LogP contribution in [0.15, 0.2) is 158 Å². The van der Waals surface area contributed by atoms with Crippen LogP contribution in [0.5, 0.6) is 0 Å². The van der Waals surface area contributed by atoms with E-state index in [-0.39, 0.29) is 0 Å². The van der Waals surface area contributed by atoms with E-state index in [1.165, 1.54) is 20.2 Å². The van der Waals surface area contributed by atoms with Gasteiger partial charge in [0.05, 0.1) is 27.8 Å². The lowest BCUT2D eigenvalue weighted by Gasteiger charge is -2.15. The highest BCUT2D eigenvalue weighted by molar-refractivity contribution is 7.26. The molecule has 0 radical (unpaired) electrons. The molecule has 0 atom stereocenters. The normalized spacial score (nSPS) is 11.9. The van der Waals surface area contributed by atoms with Crippen LogP contribution in [0.25, 0.3) is 98.2 Å². The van der Waals surface area contributed by atoms with Crippen LogP contribution in [-0.2, 0) is 0 Å². The van der Waals surface area contributed by atoms with E-state index in [2.05, 4.69) is 142 Å². The van der Waals surface area contributed by atoms with Crippen molar-refractivity contribution in [1.82, 2.24) is 29.1 Å².